The zero-order valence-electron chi connectivity index (χ0n) is 12.5. The second-order valence-electron chi connectivity index (χ2n) is 6.36. The van der Waals surface area contributed by atoms with Crippen molar-refractivity contribution in [3.8, 4) is 0 Å². The van der Waals surface area contributed by atoms with Gasteiger partial charge in [-0.05, 0) is 64.7 Å². The molecular weight excluding hydrogens is 238 g/mol. The number of rotatable bonds is 4. The Morgan fingerprint density at radius 3 is 2.79 bits per heavy atom. The molecule has 19 heavy (non-hydrogen) atoms. The van der Waals surface area contributed by atoms with E-state index in [-0.39, 0.29) is 5.41 Å². The molecule has 1 amide bonds. The molecule has 110 valence electrons. The van der Waals surface area contributed by atoms with Crippen LogP contribution in [0.4, 0.5) is 0 Å². The van der Waals surface area contributed by atoms with Gasteiger partial charge in [-0.25, -0.2) is 0 Å². The topological polar surface area (TPSA) is 44.4 Å². The summed E-state index contributed by atoms with van der Waals surface area (Å²) in [6, 6.07) is 0. The Hall–Kier alpha value is -0.610. The van der Waals surface area contributed by atoms with Crippen LogP contribution in [0.1, 0.15) is 39.0 Å². The summed E-state index contributed by atoms with van der Waals surface area (Å²) in [5, 5.41) is 6.59. The van der Waals surface area contributed by atoms with E-state index in [1.807, 2.05) is 0 Å². The van der Waals surface area contributed by atoms with Crippen LogP contribution in [0.5, 0.6) is 0 Å². The highest BCUT2D eigenvalue weighted by Crippen LogP contribution is 2.32. The van der Waals surface area contributed by atoms with E-state index in [0.29, 0.717) is 11.8 Å². The third-order valence-electron chi connectivity index (χ3n) is 4.99. The number of carbonyl (C=O) groups excluding carboxylic acids is 1. The van der Waals surface area contributed by atoms with Gasteiger partial charge in [-0.3, -0.25) is 4.79 Å². The van der Waals surface area contributed by atoms with Crippen LogP contribution >= 0.6 is 0 Å². The van der Waals surface area contributed by atoms with Crippen LogP contribution in [-0.4, -0.2) is 50.6 Å². The molecule has 2 saturated heterocycles. The van der Waals surface area contributed by atoms with E-state index >= 15 is 0 Å². The Morgan fingerprint density at radius 1 is 1.42 bits per heavy atom. The average molecular weight is 267 g/mol. The molecule has 0 bridgehead atoms. The predicted octanol–water partition coefficient (Wildman–Crippen LogP) is 1.22. The number of nitrogens with one attached hydrogen (secondary N) is 2. The first-order valence-corrected chi connectivity index (χ1v) is 7.84. The maximum absolute atomic E-state index is 12.5. The number of carbonyl (C=O) groups is 1. The van der Waals surface area contributed by atoms with E-state index in [1.165, 1.54) is 19.4 Å². The molecule has 4 nitrogen and oxygen atoms in total. The third kappa shape index (κ3) is 3.69. The first-order chi connectivity index (χ1) is 9.16. The molecule has 2 rings (SSSR count). The zero-order chi connectivity index (χ0) is 13.7. The van der Waals surface area contributed by atoms with Gasteiger partial charge in [-0.15, -0.1) is 0 Å². The average Bonchev–Trinajstić information content (AvgIpc) is 2.45. The molecule has 2 heterocycles. The predicted molar refractivity (Wildman–Crippen MR) is 78.1 cm³/mol. The standard InChI is InChI=1S/C15H29N3O/c1-3-15(6-8-16-9-7-15)14(19)17-11-13-5-4-10-18(2)12-13/h13,16H,3-12H2,1-2H3,(H,17,19). The fourth-order valence-corrected chi connectivity index (χ4v) is 3.51. The number of hydrogen-bond acceptors (Lipinski definition) is 3. The summed E-state index contributed by atoms with van der Waals surface area (Å²) in [6.45, 7) is 7.30. The van der Waals surface area contributed by atoms with Gasteiger partial charge in [0.25, 0.3) is 0 Å². The van der Waals surface area contributed by atoms with Gasteiger partial charge >= 0.3 is 0 Å². The molecule has 0 saturated carbocycles. The van der Waals surface area contributed by atoms with Crippen molar-refractivity contribution in [2.75, 3.05) is 39.8 Å². The monoisotopic (exact) mass is 267 g/mol. The minimum Gasteiger partial charge on any atom is -0.355 e. The van der Waals surface area contributed by atoms with E-state index in [0.717, 1.165) is 45.4 Å². The smallest absolute Gasteiger partial charge is 0.226 e. The molecule has 2 fully saturated rings. The number of likely N-dealkylation sites (tertiary alicyclic amines) is 1. The van der Waals surface area contributed by atoms with E-state index in [1.54, 1.807) is 0 Å². The lowest BCUT2D eigenvalue weighted by atomic mass is 9.75. The molecule has 0 aromatic carbocycles. The van der Waals surface area contributed by atoms with Gasteiger partial charge < -0.3 is 15.5 Å². The van der Waals surface area contributed by atoms with E-state index in [2.05, 4.69) is 29.5 Å². The number of amides is 1. The highest BCUT2D eigenvalue weighted by atomic mass is 16.2. The SMILES string of the molecule is CCC1(C(=O)NCC2CCCN(C)C2)CCNCC1. The molecule has 2 aliphatic heterocycles. The summed E-state index contributed by atoms with van der Waals surface area (Å²) >= 11 is 0. The minimum atomic E-state index is -0.105. The third-order valence-corrected chi connectivity index (χ3v) is 4.99. The van der Waals surface area contributed by atoms with E-state index in [4.69, 9.17) is 0 Å². The number of hydrogen-bond donors (Lipinski definition) is 2. The Morgan fingerprint density at radius 2 is 2.16 bits per heavy atom. The van der Waals surface area contributed by atoms with Crippen molar-refractivity contribution in [2.24, 2.45) is 11.3 Å². The summed E-state index contributed by atoms with van der Waals surface area (Å²) in [6.07, 6.45) is 5.45. The summed E-state index contributed by atoms with van der Waals surface area (Å²) < 4.78 is 0. The summed E-state index contributed by atoms with van der Waals surface area (Å²) in [4.78, 5) is 14.9. The Kier molecular flexibility index (Phi) is 5.22. The van der Waals surface area contributed by atoms with E-state index < -0.39 is 0 Å². The summed E-state index contributed by atoms with van der Waals surface area (Å²) in [7, 11) is 2.17. The molecule has 1 unspecified atom stereocenters. The number of piperidine rings is 2. The van der Waals surface area contributed by atoms with Crippen LogP contribution in [0, 0.1) is 11.3 Å². The molecule has 0 aliphatic carbocycles. The largest absolute Gasteiger partial charge is 0.355 e. The molecule has 0 aromatic rings. The van der Waals surface area contributed by atoms with Crippen molar-refractivity contribution in [1.29, 1.82) is 0 Å². The van der Waals surface area contributed by atoms with Crippen LogP contribution in [0.2, 0.25) is 0 Å². The summed E-state index contributed by atoms with van der Waals surface area (Å²) in [5.74, 6) is 0.933. The van der Waals surface area contributed by atoms with Gasteiger partial charge in [0, 0.05) is 13.1 Å². The fraction of sp³-hybridized carbons (Fsp3) is 0.933. The molecule has 2 N–H and O–H groups in total. The van der Waals surface area contributed by atoms with Crippen molar-refractivity contribution >= 4 is 5.91 Å². The molecule has 0 aromatic heterocycles. The maximum Gasteiger partial charge on any atom is 0.226 e. The number of nitrogens with zero attached hydrogens (tertiary/aromatic N) is 1. The quantitative estimate of drug-likeness (QED) is 0.805. The first kappa shape index (κ1) is 14.8. The van der Waals surface area contributed by atoms with Crippen molar-refractivity contribution < 1.29 is 4.79 Å². The van der Waals surface area contributed by atoms with Gasteiger partial charge in [0.1, 0.15) is 0 Å². The minimum absolute atomic E-state index is 0.105. The zero-order valence-corrected chi connectivity index (χ0v) is 12.5. The Bertz CT molecular complexity index is 300. The van der Waals surface area contributed by atoms with Gasteiger partial charge in [-0.2, -0.15) is 0 Å². The lowest BCUT2D eigenvalue weighted by molar-refractivity contribution is -0.133. The van der Waals surface area contributed by atoms with Gasteiger partial charge in [-0.1, -0.05) is 6.92 Å². The molecule has 2 aliphatic rings. The van der Waals surface area contributed by atoms with Crippen LogP contribution in [-0.2, 0) is 4.79 Å². The second-order valence-corrected chi connectivity index (χ2v) is 6.36. The van der Waals surface area contributed by atoms with Crippen molar-refractivity contribution in [2.45, 2.75) is 39.0 Å². The first-order valence-electron chi connectivity index (χ1n) is 7.84. The van der Waals surface area contributed by atoms with Crippen LogP contribution < -0.4 is 10.6 Å². The lowest BCUT2D eigenvalue weighted by Gasteiger charge is -2.36. The van der Waals surface area contributed by atoms with Crippen LogP contribution in [0.3, 0.4) is 0 Å². The lowest BCUT2D eigenvalue weighted by Crippen LogP contribution is -2.49. The molecule has 0 spiro atoms. The van der Waals surface area contributed by atoms with Crippen LogP contribution in [0.25, 0.3) is 0 Å². The maximum atomic E-state index is 12.5. The van der Waals surface area contributed by atoms with Crippen molar-refractivity contribution in [3.63, 3.8) is 0 Å². The second kappa shape index (κ2) is 6.71. The molecule has 4 heteroatoms. The van der Waals surface area contributed by atoms with Gasteiger partial charge in [0.15, 0.2) is 0 Å². The molecule has 0 radical (unpaired) electrons. The van der Waals surface area contributed by atoms with Crippen molar-refractivity contribution in [1.82, 2.24) is 15.5 Å². The normalized spacial score (nSPS) is 28.0. The molecule has 1 atom stereocenters. The van der Waals surface area contributed by atoms with Gasteiger partial charge in [0.2, 0.25) is 5.91 Å². The summed E-state index contributed by atoms with van der Waals surface area (Å²) in [5.41, 5.74) is -0.105. The Labute approximate surface area is 117 Å². The van der Waals surface area contributed by atoms with Crippen LogP contribution in [0.15, 0.2) is 0 Å². The highest BCUT2D eigenvalue weighted by Gasteiger charge is 2.37. The Balaban J connectivity index is 1.82. The van der Waals surface area contributed by atoms with E-state index in [9.17, 15) is 4.79 Å². The molecular formula is C15H29N3O. The van der Waals surface area contributed by atoms with Gasteiger partial charge in [0.05, 0.1) is 5.41 Å². The fourth-order valence-electron chi connectivity index (χ4n) is 3.51. The van der Waals surface area contributed by atoms with Crippen molar-refractivity contribution in [3.05, 3.63) is 0 Å². The highest BCUT2D eigenvalue weighted by molar-refractivity contribution is 5.82.